The van der Waals surface area contributed by atoms with Gasteiger partial charge < -0.3 is 0 Å². The molecule has 3 rings (SSSR count). The Balaban J connectivity index is 1.89. The number of hydrogen-bond donors (Lipinski definition) is 1. The van der Waals surface area contributed by atoms with Gasteiger partial charge in [-0.2, -0.15) is 15.4 Å². The molecule has 2 aromatic carbocycles. The predicted molar refractivity (Wildman–Crippen MR) is 76.4 cm³/mol. The quantitative estimate of drug-likeness (QED) is 0.748. The first kappa shape index (κ1) is 13.2. The van der Waals surface area contributed by atoms with Crippen LogP contribution in [-0.4, -0.2) is 21.7 Å². The molecule has 3 aromatic rings. The van der Waals surface area contributed by atoms with E-state index in [0.29, 0.717) is 24.1 Å². The van der Waals surface area contributed by atoms with Crippen molar-refractivity contribution < 1.29 is 9.18 Å². The zero-order valence-corrected chi connectivity index (χ0v) is 11.1. The molecule has 1 aromatic heterocycles. The van der Waals surface area contributed by atoms with Crippen LogP contribution in [0, 0.1) is 5.82 Å². The van der Waals surface area contributed by atoms with Crippen LogP contribution in [-0.2, 0) is 6.42 Å². The van der Waals surface area contributed by atoms with E-state index in [2.05, 4.69) is 15.4 Å². The van der Waals surface area contributed by atoms with E-state index in [4.69, 9.17) is 0 Å². The molecular formula is C16H12FN3O. The molecule has 0 saturated heterocycles. The summed E-state index contributed by atoms with van der Waals surface area (Å²) in [7, 11) is 0. The van der Waals surface area contributed by atoms with Gasteiger partial charge in [-0.15, -0.1) is 0 Å². The minimum atomic E-state index is -0.256. The first-order valence-corrected chi connectivity index (χ1v) is 6.46. The number of nitrogens with one attached hydrogen (secondary N) is 1. The van der Waals surface area contributed by atoms with Crippen molar-refractivity contribution in [3.8, 4) is 11.1 Å². The average molecular weight is 281 g/mol. The van der Waals surface area contributed by atoms with Crippen LogP contribution >= 0.6 is 0 Å². The molecule has 0 bridgehead atoms. The minimum Gasteiger partial charge on any atom is -0.296 e. The average Bonchev–Trinajstić information content (AvgIpc) is 2.95. The monoisotopic (exact) mass is 281 g/mol. The molecule has 104 valence electrons. The standard InChI is InChI=1S/C16H12FN3O/c17-14-6-4-12(5-7-14)13-3-1-2-11(8-13)9-15-16(10-21)19-20-18-15/h1-8,10H,9H2,(H,18,19,20). The van der Waals surface area contributed by atoms with Crippen LogP contribution in [0.4, 0.5) is 4.39 Å². The number of nitrogens with zero attached hydrogens (tertiary/aromatic N) is 2. The Morgan fingerprint density at radius 3 is 2.62 bits per heavy atom. The summed E-state index contributed by atoms with van der Waals surface area (Å²) in [4.78, 5) is 10.8. The van der Waals surface area contributed by atoms with Crippen molar-refractivity contribution in [3.63, 3.8) is 0 Å². The van der Waals surface area contributed by atoms with Crippen LogP contribution in [0.1, 0.15) is 21.7 Å². The summed E-state index contributed by atoms with van der Waals surface area (Å²) in [6, 6.07) is 14.2. The van der Waals surface area contributed by atoms with Gasteiger partial charge in [-0.25, -0.2) is 4.39 Å². The molecule has 0 amide bonds. The first-order valence-electron chi connectivity index (χ1n) is 6.46. The Labute approximate surface area is 120 Å². The van der Waals surface area contributed by atoms with E-state index in [1.54, 1.807) is 12.1 Å². The number of benzene rings is 2. The zero-order chi connectivity index (χ0) is 14.7. The second-order valence-electron chi connectivity index (χ2n) is 4.66. The van der Waals surface area contributed by atoms with Gasteiger partial charge in [-0.3, -0.25) is 4.79 Å². The number of aromatic amines is 1. The van der Waals surface area contributed by atoms with E-state index in [-0.39, 0.29) is 5.82 Å². The van der Waals surface area contributed by atoms with Crippen molar-refractivity contribution in [1.82, 2.24) is 15.4 Å². The van der Waals surface area contributed by atoms with Gasteiger partial charge in [0.25, 0.3) is 0 Å². The summed E-state index contributed by atoms with van der Waals surface area (Å²) in [5, 5.41) is 10.2. The van der Waals surface area contributed by atoms with Gasteiger partial charge in [0, 0.05) is 6.42 Å². The summed E-state index contributed by atoms with van der Waals surface area (Å²) in [6.07, 6.45) is 1.20. The molecule has 0 spiro atoms. The summed E-state index contributed by atoms with van der Waals surface area (Å²) in [5.74, 6) is -0.256. The Bertz CT molecular complexity index is 765. The van der Waals surface area contributed by atoms with Gasteiger partial charge >= 0.3 is 0 Å². The van der Waals surface area contributed by atoms with Gasteiger partial charge in [0.2, 0.25) is 0 Å². The zero-order valence-electron chi connectivity index (χ0n) is 11.1. The van der Waals surface area contributed by atoms with Crippen molar-refractivity contribution in [2.75, 3.05) is 0 Å². The Morgan fingerprint density at radius 1 is 1.05 bits per heavy atom. The number of carbonyl (C=O) groups is 1. The fraction of sp³-hybridized carbons (Fsp3) is 0.0625. The van der Waals surface area contributed by atoms with E-state index in [0.717, 1.165) is 16.7 Å². The molecule has 1 heterocycles. The number of aromatic nitrogens is 3. The van der Waals surface area contributed by atoms with E-state index < -0.39 is 0 Å². The molecule has 4 nitrogen and oxygen atoms in total. The van der Waals surface area contributed by atoms with Crippen molar-refractivity contribution in [1.29, 1.82) is 0 Å². The maximum atomic E-state index is 13.0. The number of rotatable bonds is 4. The lowest BCUT2D eigenvalue weighted by atomic mass is 10.0. The summed E-state index contributed by atoms with van der Waals surface area (Å²) in [6.45, 7) is 0. The molecule has 0 saturated carbocycles. The third-order valence-electron chi connectivity index (χ3n) is 3.24. The number of aldehydes is 1. The highest BCUT2D eigenvalue weighted by molar-refractivity contribution is 5.73. The number of carbonyl (C=O) groups excluding carboxylic acids is 1. The van der Waals surface area contributed by atoms with Crippen LogP contribution in [0.2, 0.25) is 0 Å². The van der Waals surface area contributed by atoms with Crippen LogP contribution < -0.4 is 0 Å². The van der Waals surface area contributed by atoms with Crippen LogP contribution in [0.15, 0.2) is 48.5 Å². The molecule has 21 heavy (non-hydrogen) atoms. The maximum absolute atomic E-state index is 13.0. The van der Waals surface area contributed by atoms with Crippen LogP contribution in [0.3, 0.4) is 0 Å². The van der Waals surface area contributed by atoms with Gasteiger partial charge in [-0.05, 0) is 28.8 Å². The highest BCUT2D eigenvalue weighted by Gasteiger charge is 2.08. The lowest BCUT2D eigenvalue weighted by Crippen LogP contribution is -1.94. The number of halogens is 1. The smallest absolute Gasteiger partial charge is 0.172 e. The summed E-state index contributed by atoms with van der Waals surface area (Å²) < 4.78 is 13.0. The summed E-state index contributed by atoms with van der Waals surface area (Å²) in [5.41, 5.74) is 3.87. The van der Waals surface area contributed by atoms with E-state index in [1.807, 2.05) is 24.3 Å². The van der Waals surface area contributed by atoms with Crippen molar-refractivity contribution in [2.24, 2.45) is 0 Å². The molecule has 0 unspecified atom stereocenters. The second-order valence-corrected chi connectivity index (χ2v) is 4.66. The Kier molecular flexibility index (Phi) is 3.55. The van der Waals surface area contributed by atoms with E-state index >= 15 is 0 Å². The minimum absolute atomic E-state index is 0.256. The van der Waals surface area contributed by atoms with Gasteiger partial charge in [0.15, 0.2) is 6.29 Å². The molecular weight excluding hydrogens is 269 g/mol. The highest BCUT2D eigenvalue weighted by atomic mass is 19.1. The van der Waals surface area contributed by atoms with E-state index in [1.165, 1.54) is 12.1 Å². The lowest BCUT2D eigenvalue weighted by Gasteiger charge is -2.05. The predicted octanol–water partition coefficient (Wildman–Crippen LogP) is 3.01. The first-order chi connectivity index (χ1) is 10.3. The lowest BCUT2D eigenvalue weighted by molar-refractivity contribution is 0.111. The topological polar surface area (TPSA) is 58.6 Å². The molecule has 0 aliphatic carbocycles. The Hall–Kier alpha value is -2.82. The second kappa shape index (κ2) is 5.66. The van der Waals surface area contributed by atoms with E-state index in [9.17, 15) is 9.18 Å². The molecule has 0 atom stereocenters. The van der Waals surface area contributed by atoms with Gasteiger partial charge in [-0.1, -0.05) is 36.4 Å². The van der Waals surface area contributed by atoms with Gasteiger partial charge in [0.1, 0.15) is 11.5 Å². The third-order valence-corrected chi connectivity index (χ3v) is 3.24. The fourth-order valence-electron chi connectivity index (χ4n) is 2.18. The molecule has 0 radical (unpaired) electrons. The van der Waals surface area contributed by atoms with Crippen molar-refractivity contribution in [3.05, 3.63) is 71.3 Å². The fourth-order valence-corrected chi connectivity index (χ4v) is 2.18. The van der Waals surface area contributed by atoms with Crippen molar-refractivity contribution in [2.45, 2.75) is 6.42 Å². The normalized spacial score (nSPS) is 10.5. The summed E-state index contributed by atoms with van der Waals surface area (Å²) >= 11 is 0. The molecule has 0 fully saturated rings. The Morgan fingerprint density at radius 2 is 1.86 bits per heavy atom. The molecule has 1 N–H and O–H groups in total. The van der Waals surface area contributed by atoms with Crippen molar-refractivity contribution >= 4 is 6.29 Å². The van der Waals surface area contributed by atoms with Crippen LogP contribution in [0.25, 0.3) is 11.1 Å². The van der Waals surface area contributed by atoms with Crippen LogP contribution in [0.5, 0.6) is 0 Å². The highest BCUT2D eigenvalue weighted by Crippen LogP contribution is 2.22. The molecule has 0 aliphatic rings. The number of H-pyrrole nitrogens is 1. The molecule has 0 aliphatic heterocycles. The largest absolute Gasteiger partial charge is 0.296 e. The maximum Gasteiger partial charge on any atom is 0.172 e. The third kappa shape index (κ3) is 2.86. The molecule has 5 heteroatoms. The van der Waals surface area contributed by atoms with Gasteiger partial charge in [0.05, 0.1) is 5.69 Å². The SMILES string of the molecule is O=Cc1n[nH]nc1Cc1cccc(-c2ccc(F)cc2)c1. The number of hydrogen-bond acceptors (Lipinski definition) is 3.